The second kappa shape index (κ2) is 12.4. The molecule has 1 aliphatic heterocycles. The Morgan fingerprint density at radius 1 is 1.00 bits per heavy atom. The number of methoxy groups -OCH3 is 1. The monoisotopic (exact) mass is 598 g/mol. The molecule has 4 rings (SSSR count). The van der Waals surface area contributed by atoms with Crippen LogP contribution in [0.5, 0.6) is 17.2 Å². The van der Waals surface area contributed by atoms with Crippen molar-refractivity contribution in [2.75, 3.05) is 18.6 Å². The molecule has 1 heterocycles. The van der Waals surface area contributed by atoms with Gasteiger partial charge in [-0.1, -0.05) is 42.6 Å². The molecule has 1 N–H and O–H groups in total. The van der Waals surface area contributed by atoms with Crippen LogP contribution in [-0.2, 0) is 19.7 Å². The molecule has 3 aromatic rings. The highest BCUT2D eigenvalue weighted by molar-refractivity contribution is 7.87. The summed E-state index contributed by atoms with van der Waals surface area (Å²) in [5, 5.41) is 2.00. The van der Waals surface area contributed by atoms with Crippen molar-refractivity contribution in [3.05, 3.63) is 82.4 Å². The Balaban J connectivity index is 1.62. The van der Waals surface area contributed by atoms with Crippen LogP contribution in [0.4, 0.5) is 10.5 Å². The molecule has 4 amide bonds. The van der Waals surface area contributed by atoms with E-state index in [4.69, 9.17) is 25.3 Å². The van der Waals surface area contributed by atoms with Gasteiger partial charge in [-0.15, -0.1) is 0 Å². The summed E-state index contributed by atoms with van der Waals surface area (Å²) in [4.78, 5) is 39.3. The summed E-state index contributed by atoms with van der Waals surface area (Å²) in [6, 6.07) is 14.1. The zero-order valence-corrected chi connectivity index (χ0v) is 24.0. The minimum absolute atomic E-state index is 0.0599. The van der Waals surface area contributed by atoms with Gasteiger partial charge in [-0.25, -0.2) is 9.69 Å². The van der Waals surface area contributed by atoms with E-state index in [0.717, 1.165) is 23.3 Å². The number of carbonyl (C=O) groups is 3. The van der Waals surface area contributed by atoms with Crippen LogP contribution in [0.15, 0.2) is 71.1 Å². The normalized spacial score (nSPS) is 14.7. The van der Waals surface area contributed by atoms with Gasteiger partial charge in [-0.2, -0.15) is 8.42 Å². The first-order valence-electron chi connectivity index (χ1n) is 12.6. The van der Waals surface area contributed by atoms with Crippen molar-refractivity contribution in [1.82, 2.24) is 5.32 Å². The molecule has 41 heavy (non-hydrogen) atoms. The number of carbonyl (C=O) groups excluding carboxylic acids is 3. The van der Waals surface area contributed by atoms with Crippen molar-refractivity contribution >= 4 is 51.3 Å². The molecule has 10 nitrogen and oxygen atoms in total. The Morgan fingerprint density at radius 3 is 2.32 bits per heavy atom. The van der Waals surface area contributed by atoms with Crippen LogP contribution in [-0.4, -0.2) is 40.0 Å². The van der Waals surface area contributed by atoms with Crippen molar-refractivity contribution in [3.8, 4) is 17.2 Å². The number of ether oxygens (including phenoxy) is 2. The highest BCUT2D eigenvalue weighted by atomic mass is 35.5. The summed E-state index contributed by atoms with van der Waals surface area (Å²) in [5.74, 6) is -1.53. The Bertz CT molecular complexity index is 1620. The number of hydrogen-bond donors (Lipinski definition) is 1. The van der Waals surface area contributed by atoms with Gasteiger partial charge in [0.2, 0.25) is 5.75 Å². The van der Waals surface area contributed by atoms with Crippen molar-refractivity contribution in [3.63, 3.8) is 0 Å². The molecule has 214 valence electrons. The molecule has 0 unspecified atom stereocenters. The number of unbranched alkanes of at least 4 members (excludes halogenated alkanes) is 1. The van der Waals surface area contributed by atoms with Crippen LogP contribution in [0.1, 0.15) is 30.9 Å². The predicted molar refractivity (Wildman–Crippen MR) is 153 cm³/mol. The van der Waals surface area contributed by atoms with Gasteiger partial charge < -0.3 is 13.7 Å². The molecule has 0 radical (unpaired) electrons. The Labute approximate surface area is 242 Å². The van der Waals surface area contributed by atoms with E-state index in [0.29, 0.717) is 12.4 Å². The Hall–Kier alpha value is -4.35. The molecule has 1 aliphatic rings. The Morgan fingerprint density at radius 2 is 1.68 bits per heavy atom. The number of nitrogens with zero attached hydrogens (tertiary/aromatic N) is 1. The standard InChI is InChI=1S/C29H27ClN2O8S/c1-4-5-14-39-21-10-8-20(9-11-21)32-28(34)23(27(33)31-29(32)35)15-19-16-24(30)26(25(17-19)38-3)40-41(36,37)22-12-6-18(2)7-13-22/h6-13,15-17H,4-5,14H2,1-3H3,(H,31,33,35)/b23-15-. The summed E-state index contributed by atoms with van der Waals surface area (Å²) in [7, 11) is -2.97. The van der Waals surface area contributed by atoms with Gasteiger partial charge >= 0.3 is 16.1 Å². The summed E-state index contributed by atoms with van der Waals surface area (Å²) >= 11 is 6.37. The molecule has 0 bridgehead atoms. The first-order chi connectivity index (χ1) is 19.5. The fraction of sp³-hybridized carbons (Fsp3) is 0.207. The van der Waals surface area contributed by atoms with Gasteiger partial charge in [-0.3, -0.25) is 14.9 Å². The third kappa shape index (κ3) is 6.69. The van der Waals surface area contributed by atoms with E-state index in [9.17, 15) is 22.8 Å². The van der Waals surface area contributed by atoms with E-state index >= 15 is 0 Å². The van der Waals surface area contributed by atoms with Crippen molar-refractivity contribution in [2.24, 2.45) is 0 Å². The van der Waals surface area contributed by atoms with E-state index in [2.05, 4.69) is 5.32 Å². The minimum Gasteiger partial charge on any atom is -0.494 e. The van der Waals surface area contributed by atoms with Crippen molar-refractivity contribution in [1.29, 1.82) is 0 Å². The average Bonchev–Trinajstić information content (AvgIpc) is 2.93. The number of amides is 4. The summed E-state index contributed by atoms with van der Waals surface area (Å²) in [6.07, 6.45) is 3.07. The molecular formula is C29H27ClN2O8S. The molecule has 0 spiro atoms. The van der Waals surface area contributed by atoms with Crippen molar-refractivity contribution < 1.29 is 36.5 Å². The molecule has 0 atom stereocenters. The maximum atomic E-state index is 13.3. The van der Waals surface area contributed by atoms with Gasteiger partial charge in [-0.05, 0) is 73.5 Å². The van der Waals surface area contributed by atoms with Crippen LogP contribution in [0.3, 0.4) is 0 Å². The van der Waals surface area contributed by atoms with Gasteiger partial charge in [0.1, 0.15) is 16.2 Å². The summed E-state index contributed by atoms with van der Waals surface area (Å²) < 4.78 is 41.8. The molecule has 0 aliphatic carbocycles. The lowest BCUT2D eigenvalue weighted by Crippen LogP contribution is -2.54. The van der Waals surface area contributed by atoms with Gasteiger partial charge in [0.05, 0.1) is 24.4 Å². The number of barbiturate groups is 1. The maximum Gasteiger partial charge on any atom is 0.339 e. The third-order valence-corrected chi connectivity index (χ3v) is 7.55. The van der Waals surface area contributed by atoms with Crippen molar-refractivity contribution in [2.45, 2.75) is 31.6 Å². The topological polar surface area (TPSA) is 128 Å². The van der Waals surface area contributed by atoms with Crippen LogP contribution in [0, 0.1) is 6.92 Å². The van der Waals surface area contributed by atoms with E-state index in [-0.39, 0.29) is 38.2 Å². The maximum absolute atomic E-state index is 13.3. The number of urea groups is 1. The zero-order chi connectivity index (χ0) is 29.7. The first-order valence-corrected chi connectivity index (χ1v) is 14.4. The quantitative estimate of drug-likeness (QED) is 0.145. The number of hydrogen-bond acceptors (Lipinski definition) is 8. The van der Waals surface area contributed by atoms with Crippen LogP contribution in [0.2, 0.25) is 5.02 Å². The highest BCUT2D eigenvalue weighted by Crippen LogP contribution is 2.39. The van der Waals surface area contributed by atoms with E-state index in [1.807, 2.05) is 13.8 Å². The van der Waals surface area contributed by atoms with Crippen LogP contribution < -0.4 is 23.9 Å². The largest absolute Gasteiger partial charge is 0.494 e. The van der Waals surface area contributed by atoms with Crippen LogP contribution >= 0.6 is 11.6 Å². The number of halogens is 1. The van der Waals surface area contributed by atoms with Gasteiger partial charge in [0.25, 0.3) is 11.8 Å². The Kier molecular flexibility index (Phi) is 8.99. The van der Waals surface area contributed by atoms with Crippen LogP contribution in [0.25, 0.3) is 6.08 Å². The molecule has 1 saturated heterocycles. The molecule has 3 aromatic carbocycles. The number of rotatable bonds is 10. The SMILES string of the molecule is CCCCOc1ccc(N2C(=O)NC(=O)/C(=C/c3cc(Cl)c(OS(=O)(=O)c4ccc(C)cc4)c(OC)c3)C2=O)cc1. The summed E-state index contributed by atoms with van der Waals surface area (Å²) in [5.41, 5.74) is 0.965. The molecule has 1 fully saturated rings. The smallest absolute Gasteiger partial charge is 0.339 e. The summed E-state index contributed by atoms with van der Waals surface area (Å²) in [6.45, 7) is 4.40. The fourth-order valence-electron chi connectivity index (χ4n) is 3.85. The minimum atomic E-state index is -4.25. The lowest BCUT2D eigenvalue weighted by atomic mass is 10.1. The number of imide groups is 2. The molecular weight excluding hydrogens is 572 g/mol. The van der Waals surface area contributed by atoms with E-state index in [1.54, 1.807) is 24.3 Å². The first kappa shape index (κ1) is 29.6. The predicted octanol–water partition coefficient (Wildman–Crippen LogP) is 5.27. The third-order valence-electron chi connectivity index (χ3n) is 6.03. The molecule has 0 aromatic heterocycles. The van der Waals surface area contributed by atoms with Gasteiger partial charge in [0, 0.05) is 0 Å². The number of nitrogens with one attached hydrogen (secondary N) is 1. The second-order valence-corrected chi connectivity index (χ2v) is 11.0. The van der Waals surface area contributed by atoms with E-state index in [1.165, 1.54) is 49.6 Å². The highest BCUT2D eigenvalue weighted by Gasteiger charge is 2.37. The fourth-order valence-corrected chi connectivity index (χ4v) is 5.11. The van der Waals surface area contributed by atoms with Gasteiger partial charge in [0.15, 0.2) is 5.75 Å². The lowest BCUT2D eigenvalue weighted by molar-refractivity contribution is -0.122. The number of aryl methyl sites for hydroxylation is 1. The molecule has 12 heteroatoms. The zero-order valence-electron chi connectivity index (χ0n) is 22.5. The molecule has 0 saturated carbocycles. The lowest BCUT2D eigenvalue weighted by Gasteiger charge is -2.26. The number of benzene rings is 3. The number of anilines is 1. The van der Waals surface area contributed by atoms with E-state index < -0.39 is 28.0 Å². The average molecular weight is 599 g/mol. The second-order valence-electron chi connectivity index (χ2n) is 9.04.